The molecule has 0 radical (unpaired) electrons. The minimum absolute atomic E-state index is 0.594. The molecule has 1 aromatic rings. The molecule has 0 amide bonds. The topological polar surface area (TPSA) is 0 Å². The number of hydrogen-bond acceptors (Lipinski definition) is 0. The minimum atomic E-state index is 0.594. The van der Waals surface area contributed by atoms with E-state index in [-0.39, 0.29) is 0 Å². The van der Waals surface area contributed by atoms with Gasteiger partial charge in [-0.25, -0.2) is 0 Å². The van der Waals surface area contributed by atoms with Crippen LogP contribution in [0.25, 0.3) is 0 Å². The minimum Gasteiger partial charge on any atom is -0.0839 e. The first-order valence-corrected chi connectivity index (χ1v) is 5.51. The van der Waals surface area contributed by atoms with Crippen molar-refractivity contribution in [3.8, 4) is 0 Å². The van der Waals surface area contributed by atoms with E-state index in [2.05, 4.69) is 40.2 Å². The molecule has 0 spiro atoms. The van der Waals surface area contributed by atoms with Crippen molar-refractivity contribution in [2.75, 3.05) is 0 Å². The van der Waals surface area contributed by atoms with Crippen LogP contribution in [0.2, 0.25) is 0 Å². The molecular formula is C11H13Br. The predicted molar refractivity (Wildman–Crippen MR) is 55.7 cm³/mol. The van der Waals surface area contributed by atoms with Gasteiger partial charge in [-0.2, -0.15) is 0 Å². The van der Waals surface area contributed by atoms with Crippen molar-refractivity contribution in [2.45, 2.75) is 30.5 Å². The lowest BCUT2D eigenvalue weighted by Gasteiger charge is -2.09. The van der Waals surface area contributed by atoms with Gasteiger partial charge >= 0.3 is 0 Å². The normalized spacial score (nSPS) is 22.9. The van der Waals surface area contributed by atoms with Crippen molar-refractivity contribution < 1.29 is 0 Å². The van der Waals surface area contributed by atoms with Gasteiger partial charge in [0.2, 0.25) is 0 Å². The second kappa shape index (κ2) is 3.61. The summed E-state index contributed by atoms with van der Waals surface area (Å²) in [5, 5.41) is 0. The Hall–Kier alpha value is -0.300. The van der Waals surface area contributed by atoms with Crippen LogP contribution < -0.4 is 0 Å². The molecule has 0 bridgehead atoms. The summed E-state index contributed by atoms with van der Waals surface area (Å²) in [6, 6.07) is 8.79. The molecule has 0 N–H and O–H groups in total. The first-order valence-electron chi connectivity index (χ1n) is 4.60. The fraction of sp³-hybridized carbons (Fsp3) is 0.455. The van der Waals surface area contributed by atoms with Crippen molar-refractivity contribution in [3.05, 3.63) is 35.4 Å². The Labute approximate surface area is 82.1 Å². The van der Waals surface area contributed by atoms with E-state index in [0.29, 0.717) is 4.83 Å². The summed E-state index contributed by atoms with van der Waals surface area (Å²) in [5.41, 5.74) is 3.05. The molecule has 1 heteroatoms. The van der Waals surface area contributed by atoms with Crippen molar-refractivity contribution in [2.24, 2.45) is 0 Å². The third kappa shape index (κ3) is 1.56. The van der Waals surface area contributed by atoms with Crippen LogP contribution in [0.1, 0.15) is 35.2 Å². The highest BCUT2D eigenvalue weighted by Crippen LogP contribution is 2.34. The molecule has 0 heterocycles. The summed E-state index contributed by atoms with van der Waals surface area (Å²) in [6.45, 7) is 0. The number of rotatable bonds is 0. The van der Waals surface area contributed by atoms with Crippen LogP contribution in [0.3, 0.4) is 0 Å². The maximum Gasteiger partial charge on any atom is 0.0398 e. The monoisotopic (exact) mass is 224 g/mol. The van der Waals surface area contributed by atoms with Gasteiger partial charge in [-0.05, 0) is 30.4 Å². The van der Waals surface area contributed by atoms with Gasteiger partial charge in [0.1, 0.15) is 0 Å². The van der Waals surface area contributed by atoms with E-state index in [0.717, 1.165) is 0 Å². The Morgan fingerprint density at radius 3 is 2.92 bits per heavy atom. The van der Waals surface area contributed by atoms with Gasteiger partial charge in [-0.3, -0.25) is 0 Å². The SMILES string of the molecule is Br[C@H]1CCCCc2ccccc21. The summed E-state index contributed by atoms with van der Waals surface area (Å²) in [4.78, 5) is 0.594. The molecule has 0 saturated carbocycles. The third-order valence-corrected chi connectivity index (χ3v) is 3.50. The number of hydrogen-bond donors (Lipinski definition) is 0. The fourth-order valence-electron chi connectivity index (χ4n) is 1.86. The molecule has 0 aliphatic heterocycles. The number of aryl methyl sites for hydroxylation is 1. The largest absolute Gasteiger partial charge is 0.0839 e. The van der Waals surface area contributed by atoms with E-state index in [4.69, 9.17) is 0 Å². The summed E-state index contributed by atoms with van der Waals surface area (Å²) in [7, 11) is 0. The van der Waals surface area contributed by atoms with Crippen molar-refractivity contribution in [3.63, 3.8) is 0 Å². The van der Waals surface area contributed by atoms with E-state index < -0.39 is 0 Å². The first-order chi connectivity index (χ1) is 5.88. The van der Waals surface area contributed by atoms with Gasteiger partial charge in [0.05, 0.1) is 0 Å². The van der Waals surface area contributed by atoms with Gasteiger partial charge in [-0.15, -0.1) is 0 Å². The molecule has 2 rings (SSSR count). The van der Waals surface area contributed by atoms with Gasteiger partial charge in [-0.1, -0.05) is 46.6 Å². The molecule has 0 fully saturated rings. The van der Waals surface area contributed by atoms with Gasteiger partial charge in [0, 0.05) is 4.83 Å². The van der Waals surface area contributed by atoms with E-state index in [1.165, 1.54) is 36.8 Å². The highest BCUT2D eigenvalue weighted by Gasteiger charge is 2.14. The Morgan fingerprint density at radius 2 is 2.00 bits per heavy atom. The Bertz CT molecular complexity index is 267. The molecule has 1 aliphatic carbocycles. The smallest absolute Gasteiger partial charge is 0.0398 e. The summed E-state index contributed by atoms with van der Waals surface area (Å²) in [5.74, 6) is 0. The van der Waals surface area contributed by atoms with E-state index >= 15 is 0 Å². The molecule has 12 heavy (non-hydrogen) atoms. The molecule has 0 aromatic heterocycles. The van der Waals surface area contributed by atoms with Gasteiger partial charge in [0.25, 0.3) is 0 Å². The Balaban J connectivity index is 2.39. The van der Waals surface area contributed by atoms with Crippen LogP contribution in [0, 0.1) is 0 Å². The zero-order valence-electron chi connectivity index (χ0n) is 7.09. The Kier molecular flexibility index (Phi) is 2.50. The third-order valence-electron chi connectivity index (χ3n) is 2.55. The maximum absolute atomic E-state index is 3.74. The number of halogens is 1. The number of fused-ring (bicyclic) bond motifs is 1. The second-order valence-corrected chi connectivity index (χ2v) is 4.52. The molecule has 64 valence electrons. The maximum atomic E-state index is 3.74. The van der Waals surface area contributed by atoms with Crippen LogP contribution >= 0.6 is 15.9 Å². The van der Waals surface area contributed by atoms with Gasteiger partial charge in [0.15, 0.2) is 0 Å². The molecule has 1 atom stereocenters. The first kappa shape index (κ1) is 8.31. The molecular weight excluding hydrogens is 212 g/mol. The van der Waals surface area contributed by atoms with Crippen LogP contribution in [-0.4, -0.2) is 0 Å². The summed E-state index contributed by atoms with van der Waals surface area (Å²) < 4.78 is 0. The van der Waals surface area contributed by atoms with Crippen LogP contribution in [0.15, 0.2) is 24.3 Å². The zero-order valence-corrected chi connectivity index (χ0v) is 8.68. The number of benzene rings is 1. The second-order valence-electron chi connectivity index (χ2n) is 3.41. The number of alkyl halides is 1. The van der Waals surface area contributed by atoms with Crippen molar-refractivity contribution in [1.82, 2.24) is 0 Å². The average molecular weight is 225 g/mol. The van der Waals surface area contributed by atoms with E-state index in [9.17, 15) is 0 Å². The molecule has 0 saturated heterocycles. The lowest BCUT2D eigenvalue weighted by molar-refractivity contribution is 0.708. The van der Waals surface area contributed by atoms with Crippen LogP contribution in [0.5, 0.6) is 0 Å². The molecule has 1 aliphatic rings. The van der Waals surface area contributed by atoms with Crippen LogP contribution in [0.4, 0.5) is 0 Å². The summed E-state index contributed by atoms with van der Waals surface area (Å²) in [6.07, 6.45) is 5.25. The summed E-state index contributed by atoms with van der Waals surface area (Å²) >= 11 is 3.74. The Morgan fingerprint density at radius 1 is 1.17 bits per heavy atom. The van der Waals surface area contributed by atoms with E-state index in [1.807, 2.05) is 0 Å². The van der Waals surface area contributed by atoms with Crippen LogP contribution in [-0.2, 0) is 6.42 Å². The predicted octanol–water partition coefficient (Wildman–Crippen LogP) is 3.85. The molecule has 0 unspecified atom stereocenters. The highest BCUT2D eigenvalue weighted by atomic mass is 79.9. The lowest BCUT2D eigenvalue weighted by Crippen LogP contribution is -1.91. The standard InChI is InChI=1S/C11H13Br/c12-11-8-4-2-6-9-5-1-3-7-10(9)11/h1,3,5,7,11H,2,4,6,8H2/t11-/m0/s1. The van der Waals surface area contributed by atoms with Crippen molar-refractivity contribution >= 4 is 15.9 Å². The average Bonchev–Trinajstić information content (AvgIpc) is 2.29. The lowest BCUT2D eigenvalue weighted by atomic mass is 10.0. The van der Waals surface area contributed by atoms with E-state index in [1.54, 1.807) is 0 Å². The quantitative estimate of drug-likeness (QED) is 0.464. The van der Waals surface area contributed by atoms with Crippen molar-refractivity contribution in [1.29, 1.82) is 0 Å². The molecule has 1 aromatic carbocycles. The van der Waals surface area contributed by atoms with Gasteiger partial charge < -0.3 is 0 Å². The zero-order chi connectivity index (χ0) is 8.39. The fourth-order valence-corrected chi connectivity index (χ4v) is 2.63. The highest BCUT2D eigenvalue weighted by molar-refractivity contribution is 9.09. The molecule has 0 nitrogen and oxygen atoms in total.